The molecule has 4 nitrogen and oxygen atoms in total. The molecule has 3 aromatic rings. The molecule has 3 rings (SSSR count). The Morgan fingerprint density at radius 3 is 2.39 bits per heavy atom. The van der Waals surface area contributed by atoms with E-state index in [1.807, 2.05) is 74.5 Å². The summed E-state index contributed by atoms with van der Waals surface area (Å²) in [5, 5.41) is 12.5. The minimum absolute atomic E-state index is 0.0220. The summed E-state index contributed by atoms with van der Waals surface area (Å²) < 4.78 is 7.79. The van der Waals surface area contributed by atoms with Crippen LogP contribution in [0.5, 0.6) is 5.75 Å². The van der Waals surface area contributed by atoms with Gasteiger partial charge >= 0.3 is 0 Å². The van der Waals surface area contributed by atoms with E-state index in [4.69, 9.17) is 4.74 Å². The fourth-order valence-electron chi connectivity index (χ4n) is 3.46. The van der Waals surface area contributed by atoms with Gasteiger partial charge < -0.3 is 10.1 Å². The number of hydrogen-bond donors (Lipinski definition) is 1. The largest absolute Gasteiger partial charge is 0.494 e. The van der Waals surface area contributed by atoms with Crippen molar-refractivity contribution in [2.75, 3.05) is 11.9 Å². The number of halogens is 2. The van der Waals surface area contributed by atoms with Crippen LogP contribution in [0.25, 0.3) is 6.08 Å². The number of para-hydroxylation sites is 1. The molecule has 0 saturated heterocycles. The van der Waals surface area contributed by atoms with E-state index in [1.165, 1.54) is 0 Å². The van der Waals surface area contributed by atoms with Crippen molar-refractivity contribution >= 4 is 49.5 Å². The molecule has 3 aromatic carbocycles. The van der Waals surface area contributed by atoms with E-state index in [0.717, 1.165) is 32.1 Å². The number of nitrogens with zero attached hydrogens (tertiary/aromatic N) is 1. The van der Waals surface area contributed by atoms with Crippen LogP contribution in [0.3, 0.4) is 0 Å². The second-order valence-electron chi connectivity index (χ2n) is 7.32. The van der Waals surface area contributed by atoms with Crippen molar-refractivity contribution < 1.29 is 9.53 Å². The highest BCUT2D eigenvalue weighted by molar-refractivity contribution is 9.10. The number of rotatable bonds is 8. The fourth-order valence-corrected chi connectivity index (χ4v) is 4.48. The van der Waals surface area contributed by atoms with Crippen molar-refractivity contribution in [1.29, 1.82) is 5.26 Å². The molecule has 0 aliphatic rings. The van der Waals surface area contributed by atoms with E-state index < -0.39 is 5.91 Å². The summed E-state index contributed by atoms with van der Waals surface area (Å²) in [6.07, 6.45) is 3.03. The fraction of sp³-hybridized carbons (Fsp3) is 0.185. The molecule has 0 heterocycles. The maximum atomic E-state index is 12.8. The van der Waals surface area contributed by atoms with Crippen LogP contribution in [-0.4, -0.2) is 12.5 Å². The molecule has 0 bridgehead atoms. The van der Waals surface area contributed by atoms with E-state index in [0.29, 0.717) is 30.0 Å². The topological polar surface area (TPSA) is 62.1 Å². The highest BCUT2D eigenvalue weighted by atomic mass is 79.9. The molecular weight excluding hydrogens is 544 g/mol. The van der Waals surface area contributed by atoms with Crippen LogP contribution in [0.4, 0.5) is 5.69 Å². The number of anilines is 1. The quantitative estimate of drug-likeness (QED) is 0.229. The third-order valence-corrected chi connectivity index (χ3v) is 6.61. The number of aryl methyl sites for hydroxylation is 1. The molecule has 0 unspecified atom stereocenters. The Bertz CT molecular complexity index is 1230. The average molecular weight is 568 g/mol. The highest BCUT2D eigenvalue weighted by Gasteiger charge is 2.15. The van der Waals surface area contributed by atoms with Gasteiger partial charge in [-0.15, -0.1) is 0 Å². The lowest BCUT2D eigenvalue weighted by atomic mass is 10.0. The molecule has 0 radical (unpaired) electrons. The van der Waals surface area contributed by atoms with Crippen LogP contribution in [-0.2, 0) is 17.6 Å². The Kier molecular flexibility index (Phi) is 8.87. The molecule has 0 aromatic heterocycles. The zero-order chi connectivity index (χ0) is 23.8. The summed E-state index contributed by atoms with van der Waals surface area (Å²) in [4.78, 5) is 12.8. The van der Waals surface area contributed by atoms with Crippen molar-refractivity contribution in [3.05, 3.63) is 97.4 Å². The summed E-state index contributed by atoms with van der Waals surface area (Å²) in [5.41, 5.74) is 4.59. The first-order valence-electron chi connectivity index (χ1n) is 10.7. The minimum Gasteiger partial charge on any atom is -0.494 e. The summed E-state index contributed by atoms with van der Waals surface area (Å²) in [5.74, 6) is 0.271. The standard InChI is InChI=1S/C27H24Br2N2O2/c1-3-19-9-6-8-12-25(19)31-27(32)21(17-30)13-18-14-24(29)22(26(15-18)33-4-2)16-20-10-5-7-11-23(20)28/h5-15H,3-4,16H2,1-2H3,(H,31,32)/b21-13+. The number of hydrogen-bond acceptors (Lipinski definition) is 3. The van der Waals surface area contributed by atoms with Gasteiger partial charge in [0.15, 0.2) is 0 Å². The third kappa shape index (κ3) is 6.34. The number of carbonyl (C=O) groups is 1. The van der Waals surface area contributed by atoms with Crippen molar-refractivity contribution in [2.24, 2.45) is 0 Å². The van der Waals surface area contributed by atoms with Crippen LogP contribution in [0.1, 0.15) is 36.1 Å². The van der Waals surface area contributed by atoms with Gasteiger partial charge in [-0.1, -0.05) is 75.2 Å². The Hall–Kier alpha value is -2.88. The summed E-state index contributed by atoms with van der Waals surface area (Å²) in [6.45, 7) is 4.45. The van der Waals surface area contributed by atoms with Crippen LogP contribution < -0.4 is 10.1 Å². The third-order valence-electron chi connectivity index (χ3n) is 5.12. The first-order valence-corrected chi connectivity index (χ1v) is 12.2. The Balaban J connectivity index is 1.93. The van der Waals surface area contributed by atoms with Gasteiger partial charge in [0, 0.05) is 26.6 Å². The van der Waals surface area contributed by atoms with Gasteiger partial charge in [-0.05, 0) is 60.4 Å². The van der Waals surface area contributed by atoms with Crippen molar-refractivity contribution in [1.82, 2.24) is 0 Å². The first-order chi connectivity index (χ1) is 16.0. The number of nitrogens with one attached hydrogen (secondary N) is 1. The molecule has 33 heavy (non-hydrogen) atoms. The monoisotopic (exact) mass is 566 g/mol. The molecule has 0 saturated carbocycles. The van der Waals surface area contributed by atoms with Gasteiger partial charge in [0.25, 0.3) is 5.91 Å². The summed E-state index contributed by atoms with van der Waals surface area (Å²) in [7, 11) is 0. The molecule has 168 valence electrons. The Morgan fingerprint density at radius 2 is 1.73 bits per heavy atom. The maximum absolute atomic E-state index is 12.8. The number of nitriles is 1. The number of ether oxygens (including phenoxy) is 1. The van der Waals surface area contributed by atoms with Crippen molar-refractivity contribution in [2.45, 2.75) is 26.7 Å². The number of carbonyl (C=O) groups excluding carboxylic acids is 1. The van der Waals surface area contributed by atoms with Crippen LogP contribution in [0.15, 0.2) is 75.2 Å². The zero-order valence-electron chi connectivity index (χ0n) is 18.5. The number of benzene rings is 3. The van der Waals surface area contributed by atoms with Gasteiger partial charge in [-0.2, -0.15) is 5.26 Å². The molecule has 1 N–H and O–H groups in total. The van der Waals surface area contributed by atoms with Crippen LogP contribution >= 0.6 is 31.9 Å². The lowest BCUT2D eigenvalue weighted by Crippen LogP contribution is -2.14. The van der Waals surface area contributed by atoms with Gasteiger partial charge in [0.1, 0.15) is 17.4 Å². The summed E-state index contributed by atoms with van der Waals surface area (Å²) >= 11 is 7.27. The zero-order valence-corrected chi connectivity index (χ0v) is 21.7. The predicted octanol–water partition coefficient (Wildman–Crippen LogP) is 7.31. The lowest BCUT2D eigenvalue weighted by Gasteiger charge is -2.15. The summed E-state index contributed by atoms with van der Waals surface area (Å²) in [6, 6.07) is 21.4. The molecular formula is C27H24Br2N2O2. The van der Waals surface area contributed by atoms with Gasteiger partial charge in [0.2, 0.25) is 0 Å². The van der Waals surface area contributed by atoms with E-state index >= 15 is 0 Å². The van der Waals surface area contributed by atoms with E-state index in [9.17, 15) is 10.1 Å². The SMILES string of the molecule is CCOc1cc(/C=C(\C#N)C(=O)Nc2ccccc2CC)cc(Br)c1Cc1ccccc1Br. The van der Waals surface area contributed by atoms with Crippen molar-refractivity contribution in [3.8, 4) is 11.8 Å². The molecule has 0 atom stereocenters. The lowest BCUT2D eigenvalue weighted by molar-refractivity contribution is -0.112. The second-order valence-corrected chi connectivity index (χ2v) is 9.02. The molecule has 0 spiro atoms. The molecule has 6 heteroatoms. The van der Waals surface area contributed by atoms with Gasteiger partial charge in [0.05, 0.1) is 6.61 Å². The normalized spacial score (nSPS) is 11.1. The second kappa shape index (κ2) is 11.8. The Morgan fingerprint density at radius 1 is 1.03 bits per heavy atom. The van der Waals surface area contributed by atoms with E-state index in [1.54, 1.807) is 6.08 Å². The van der Waals surface area contributed by atoms with Gasteiger partial charge in [-0.25, -0.2) is 0 Å². The highest BCUT2D eigenvalue weighted by Crippen LogP contribution is 2.34. The van der Waals surface area contributed by atoms with Gasteiger partial charge in [-0.3, -0.25) is 4.79 Å². The van der Waals surface area contributed by atoms with E-state index in [2.05, 4.69) is 43.2 Å². The van der Waals surface area contributed by atoms with Crippen molar-refractivity contribution in [3.63, 3.8) is 0 Å². The molecule has 0 fully saturated rings. The predicted molar refractivity (Wildman–Crippen MR) is 140 cm³/mol. The van der Waals surface area contributed by atoms with Crippen LogP contribution in [0.2, 0.25) is 0 Å². The smallest absolute Gasteiger partial charge is 0.266 e. The first kappa shape index (κ1) is 24.8. The number of amides is 1. The average Bonchev–Trinajstić information content (AvgIpc) is 2.81. The Labute approximate surface area is 211 Å². The van der Waals surface area contributed by atoms with Crippen LogP contribution in [0, 0.1) is 11.3 Å². The molecule has 0 aliphatic heterocycles. The van der Waals surface area contributed by atoms with E-state index in [-0.39, 0.29) is 5.57 Å². The molecule has 0 aliphatic carbocycles. The molecule has 1 amide bonds. The maximum Gasteiger partial charge on any atom is 0.266 e. The minimum atomic E-state index is -0.440.